The number of nitrogens with one attached hydrogen (secondary N) is 1. The fourth-order valence-electron chi connectivity index (χ4n) is 9.13. The molecule has 0 bridgehead atoms. The van der Waals surface area contributed by atoms with Crippen molar-refractivity contribution in [1.29, 1.82) is 0 Å². The van der Waals surface area contributed by atoms with Crippen molar-refractivity contribution in [3.63, 3.8) is 0 Å². The SMILES string of the molecule is CCCCCCCC/C=C\CCCCCCCC(=O)OCCCCCCCCCCC/C=C\C/C=C\CCCCCCCCCCCCCC(=O)NC(CO)C(O)/C=C/CCCCCCCCCC. The van der Waals surface area contributed by atoms with Gasteiger partial charge < -0.3 is 20.3 Å². The third-order valence-electron chi connectivity index (χ3n) is 13.8. The summed E-state index contributed by atoms with van der Waals surface area (Å²) in [5.74, 6) is -0.0716. The van der Waals surface area contributed by atoms with E-state index >= 15 is 0 Å². The van der Waals surface area contributed by atoms with Crippen molar-refractivity contribution < 1.29 is 24.5 Å². The Balaban J connectivity index is 3.42. The van der Waals surface area contributed by atoms with E-state index < -0.39 is 12.1 Å². The lowest BCUT2D eigenvalue weighted by Gasteiger charge is -2.20. The number of unbranched alkanes of at least 4 members (excludes halogenated alkanes) is 39. The molecule has 0 radical (unpaired) electrons. The van der Waals surface area contributed by atoms with E-state index in [0.29, 0.717) is 19.4 Å². The normalized spacial score (nSPS) is 12.9. The third-order valence-corrected chi connectivity index (χ3v) is 13.8. The lowest BCUT2D eigenvalue weighted by atomic mass is 10.0. The number of aliphatic hydroxyl groups excluding tert-OH is 2. The Kier molecular flexibility index (Phi) is 56.5. The van der Waals surface area contributed by atoms with Crippen LogP contribution >= 0.6 is 0 Å². The molecule has 0 aromatic carbocycles. The van der Waals surface area contributed by atoms with Gasteiger partial charge in [0.15, 0.2) is 0 Å². The Labute approximate surface area is 429 Å². The fourth-order valence-corrected chi connectivity index (χ4v) is 9.13. The minimum Gasteiger partial charge on any atom is -0.466 e. The van der Waals surface area contributed by atoms with Crippen LogP contribution in [-0.2, 0) is 14.3 Å². The Morgan fingerprint density at radius 3 is 1.12 bits per heavy atom. The van der Waals surface area contributed by atoms with Crippen LogP contribution < -0.4 is 5.32 Å². The van der Waals surface area contributed by atoms with Crippen molar-refractivity contribution >= 4 is 11.9 Å². The van der Waals surface area contributed by atoms with Gasteiger partial charge in [-0.3, -0.25) is 9.59 Å². The zero-order chi connectivity index (χ0) is 50.0. The minimum atomic E-state index is -0.845. The minimum absolute atomic E-state index is 0.00181. The topological polar surface area (TPSA) is 95.9 Å². The number of aliphatic hydroxyl groups is 2. The second-order valence-corrected chi connectivity index (χ2v) is 20.7. The summed E-state index contributed by atoms with van der Waals surface area (Å²) in [6.45, 7) is 4.87. The van der Waals surface area contributed by atoms with Crippen LogP contribution in [0, 0.1) is 0 Å². The van der Waals surface area contributed by atoms with E-state index in [1.54, 1.807) is 6.08 Å². The van der Waals surface area contributed by atoms with Crippen LogP contribution in [0.15, 0.2) is 48.6 Å². The first-order valence-corrected chi connectivity index (χ1v) is 30.4. The monoisotopic (exact) mass is 968 g/mol. The fraction of sp³-hybridized carbons (Fsp3) is 0.841. The van der Waals surface area contributed by atoms with Crippen molar-refractivity contribution in [2.45, 2.75) is 328 Å². The maximum Gasteiger partial charge on any atom is 0.305 e. The quantitative estimate of drug-likeness (QED) is 0.0321. The van der Waals surface area contributed by atoms with Crippen molar-refractivity contribution in [3.8, 4) is 0 Å². The number of ether oxygens (including phenoxy) is 1. The smallest absolute Gasteiger partial charge is 0.305 e. The van der Waals surface area contributed by atoms with E-state index in [2.05, 4.69) is 55.6 Å². The van der Waals surface area contributed by atoms with Gasteiger partial charge in [0, 0.05) is 12.8 Å². The molecule has 0 spiro atoms. The predicted molar refractivity (Wildman–Crippen MR) is 301 cm³/mol. The van der Waals surface area contributed by atoms with Gasteiger partial charge in [-0.1, -0.05) is 262 Å². The Morgan fingerprint density at radius 2 is 0.725 bits per heavy atom. The van der Waals surface area contributed by atoms with Gasteiger partial charge >= 0.3 is 5.97 Å². The van der Waals surface area contributed by atoms with Crippen LogP contribution in [0.4, 0.5) is 0 Å². The highest BCUT2D eigenvalue weighted by Crippen LogP contribution is 2.16. The molecule has 6 heteroatoms. The number of esters is 1. The molecule has 0 rings (SSSR count). The maximum atomic E-state index is 12.4. The third kappa shape index (κ3) is 55.0. The van der Waals surface area contributed by atoms with Gasteiger partial charge in [0.1, 0.15) is 0 Å². The summed E-state index contributed by atoms with van der Waals surface area (Å²) < 4.78 is 5.48. The average molecular weight is 969 g/mol. The van der Waals surface area contributed by atoms with Crippen LogP contribution in [0.3, 0.4) is 0 Å². The van der Waals surface area contributed by atoms with Gasteiger partial charge in [0.25, 0.3) is 0 Å². The summed E-state index contributed by atoms with van der Waals surface area (Å²) in [7, 11) is 0. The summed E-state index contributed by atoms with van der Waals surface area (Å²) >= 11 is 0. The number of amides is 1. The van der Waals surface area contributed by atoms with Gasteiger partial charge in [0.2, 0.25) is 5.91 Å². The van der Waals surface area contributed by atoms with Crippen molar-refractivity contribution in [1.82, 2.24) is 5.32 Å². The van der Waals surface area contributed by atoms with Crippen LogP contribution in [0.25, 0.3) is 0 Å². The number of hydrogen-bond acceptors (Lipinski definition) is 5. The van der Waals surface area contributed by atoms with Gasteiger partial charge in [-0.2, -0.15) is 0 Å². The number of carbonyl (C=O) groups excluding carboxylic acids is 2. The molecule has 0 saturated carbocycles. The Bertz CT molecular complexity index is 1160. The summed E-state index contributed by atoms with van der Waals surface area (Å²) in [5, 5.41) is 23.0. The van der Waals surface area contributed by atoms with Crippen molar-refractivity contribution in [2.75, 3.05) is 13.2 Å². The lowest BCUT2D eigenvalue weighted by molar-refractivity contribution is -0.143. The van der Waals surface area contributed by atoms with Gasteiger partial charge in [-0.25, -0.2) is 0 Å². The lowest BCUT2D eigenvalue weighted by Crippen LogP contribution is -2.45. The van der Waals surface area contributed by atoms with Crippen LogP contribution in [0.1, 0.15) is 316 Å². The second-order valence-electron chi connectivity index (χ2n) is 20.7. The molecule has 0 saturated heterocycles. The summed E-state index contributed by atoms with van der Waals surface area (Å²) in [5.41, 5.74) is 0. The summed E-state index contributed by atoms with van der Waals surface area (Å²) in [6.07, 6.45) is 74.4. The molecule has 6 nitrogen and oxygen atoms in total. The number of allylic oxidation sites excluding steroid dienone is 7. The van der Waals surface area contributed by atoms with E-state index in [0.717, 1.165) is 51.4 Å². The number of hydrogen-bond donors (Lipinski definition) is 3. The summed E-state index contributed by atoms with van der Waals surface area (Å²) in [4.78, 5) is 24.4. The van der Waals surface area contributed by atoms with E-state index in [-0.39, 0.29) is 18.5 Å². The maximum absolute atomic E-state index is 12.4. The molecular weight excluding hydrogens is 851 g/mol. The molecule has 0 aliphatic heterocycles. The molecule has 0 aromatic rings. The van der Waals surface area contributed by atoms with E-state index in [1.807, 2.05) is 6.08 Å². The van der Waals surface area contributed by atoms with Gasteiger partial charge in [-0.15, -0.1) is 0 Å². The van der Waals surface area contributed by atoms with Crippen LogP contribution in [-0.4, -0.2) is 47.4 Å². The molecule has 0 fully saturated rings. The molecule has 0 aromatic heterocycles. The molecule has 404 valence electrons. The highest BCUT2D eigenvalue weighted by molar-refractivity contribution is 5.76. The molecule has 3 N–H and O–H groups in total. The zero-order valence-electron chi connectivity index (χ0n) is 46.0. The average Bonchev–Trinajstić information content (AvgIpc) is 3.35. The van der Waals surface area contributed by atoms with Crippen molar-refractivity contribution in [3.05, 3.63) is 48.6 Å². The number of rotatable bonds is 56. The molecule has 0 heterocycles. The zero-order valence-corrected chi connectivity index (χ0v) is 46.0. The molecule has 2 unspecified atom stereocenters. The van der Waals surface area contributed by atoms with Crippen LogP contribution in [0.5, 0.6) is 0 Å². The standard InChI is InChI=1S/C63H117NO5/c1-3-5-7-9-11-13-15-16-30-34-37-41-45-49-53-57-63(68)69-58-54-50-46-42-38-35-32-29-27-25-23-21-19-17-18-20-22-24-26-28-31-33-36-40-44-48-52-56-62(67)64-60(59-65)61(66)55-51-47-43-39-14-12-10-8-6-4-2/h16-18,21,23,30,51,55,60-61,65-66H,3-15,19-20,22,24-29,31-50,52-54,56-59H2,1-2H3,(H,64,67)/b18-17-,23-21-,30-16-,55-51+. The molecule has 0 aliphatic carbocycles. The van der Waals surface area contributed by atoms with E-state index in [4.69, 9.17) is 4.74 Å². The molecule has 69 heavy (non-hydrogen) atoms. The van der Waals surface area contributed by atoms with Gasteiger partial charge in [-0.05, 0) is 89.9 Å². The van der Waals surface area contributed by atoms with Crippen LogP contribution in [0.2, 0.25) is 0 Å². The molecular formula is C63H117NO5. The van der Waals surface area contributed by atoms with E-state index in [9.17, 15) is 19.8 Å². The first kappa shape index (κ1) is 66.8. The Morgan fingerprint density at radius 1 is 0.406 bits per heavy atom. The number of carbonyl (C=O) groups is 2. The molecule has 2 atom stereocenters. The first-order chi connectivity index (χ1) is 34.0. The highest BCUT2D eigenvalue weighted by Gasteiger charge is 2.18. The summed E-state index contributed by atoms with van der Waals surface area (Å²) in [6, 6.07) is -0.629. The Hall–Kier alpha value is -2.18. The van der Waals surface area contributed by atoms with Crippen molar-refractivity contribution in [2.24, 2.45) is 0 Å². The van der Waals surface area contributed by atoms with E-state index in [1.165, 1.54) is 238 Å². The molecule has 1 amide bonds. The van der Waals surface area contributed by atoms with Gasteiger partial charge in [0.05, 0.1) is 25.4 Å². The predicted octanol–water partition coefficient (Wildman–Crippen LogP) is 19.0. The second kappa shape index (κ2) is 58.4. The highest BCUT2D eigenvalue weighted by atomic mass is 16.5. The molecule has 0 aliphatic rings. The largest absolute Gasteiger partial charge is 0.466 e. The first-order valence-electron chi connectivity index (χ1n) is 30.4.